The summed E-state index contributed by atoms with van der Waals surface area (Å²) in [5.74, 6) is 1.73. The van der Waals surface area contributed by atoms with Gasteiger partial charge in [0.1, 0.15) is 13.2 Å². The van der Waals surface area contributed by atoms with Gasteiger partial charge in [-0.05, 0) is 37.0 Å². The number of rotatable bonds is 50. The number of carbonyl (C=O) groups is 3. The van der Waals surface area contributed by atoms with Crippen molar-refractivity contribution >= 4 is 17.9 Å². The first kappa shape index (κ1) is 61.4. The van der Waals surface area contributed by atoms with Crippen molar-refractivity contribution in [2.45, 2.75) is 317 Å². The normalized spacial score (nSPS) is 13.0. The summed E-state index contributed by atoms with van der Waals surface area (Å²) in [6.07, 6.45) is 49.4. The molecule has 0 aromatic rings. The Morgan fingerprint density at radius 1 is 0.317 bits per heavy atom. The van der Waals surface area contributed by atoms with Crippen molar-refractivity contribution < 1.29 is 28.6 Å². The van der Waals surface area contributed by atoms with Crippen molar-refractivity contribution in [3.8, 4) is 0 Å². The van der Waals surface area contributed by atoms with Crippen LogP contribution < -0.4 is 0 Å². The highest BCUT2D eigenvalue weighted by atomic mass is 16.6. The largest absolute Gasteiger partial charge is 0.462 e. The van der Waals surface area contributed by atoms with Crippen molar-refractivity contribution in [3.05, 3.63) is 0 Å². The van der Waals surface area contributed by atoms with E-state index in [1.54, 1.807) is 0 Å². The second-order valence-corrected chi connectivity index (χ2v) is 20.5. The summed E-state index contributed by atoms with van der Waals surface area (Å²) in [7, 11) is 0. The first-order valence-corrected chi connectivity index (χ1v) is 28.2. The predicted octanol–water partition coefficient (Wildman–Crippen LogP) is 18.3. The summed E-state index contributed by atoms with van der Waals surface area (Å²) in [5, 5.41) is 0. The third-order valence-corrected chi connectivity index (χ3v) is 13.6. The lowest BCUT2D eigenvalue weighted by Gasteiger charge is -2.18. The first-order valence-electron chi connectivity index (χ1n) is 28.2. The molecule has 2 unspecified atom stereocenters. The van der Waals surface area contributed by atoms with Gasteiger partial charge in [-0.3, -0.25) is 14.4 Å². The molecule has 0 heterocycles. The van der Waals surface area contributed by atoms with Crippen LogP contribution in [0.4, 0.5) is 0 Å². The van der Waals surface area contributed by atoms with Crippen LogP contribution in [0, 0.1) is 17.8 Å². The summed E-state index contributed by atoms with van der Waals surface area (Å²) in [6, 6.07) is 0. The van der Waals surface area contributed by atoms with Crippen molar-refractivity contribution in [2.75, 3.05) is 13.2 Å². The lowest BCUT2D eigenvalue weighted by atomic mass is 9.99. The van der Waals surface area contributed by atoms with Crippen molar-refractivity contribution in [3.63, 3.8) is 0 Å². The first-order chi connectivity index (χ1) is 30.7. The van der Waals surface area contributed by atoms with Gasteiger partial charge in [-0.2, -0.15) is 0 Å². The van der Waals surface area contributed by atoms with Crippen LogP contribution in [0.3, 0.4) is 0 Å². The van der Waals surface area contributed by atoms with Gasteiger partial charge in [0, 0.05) is 19.3 Å². The zero-order valence-corrected chi connectivity index (χ0v) is 43.4. The monoisotopic (exact) mass is 891 g/mol. The minimum atomic E-state index is -0.764. The van der Waals surface area contributed by atoms with E-state index in [-0.39, 0.29) is 31.1 Å². The van der Waals surface area contributed by atoms with Gasteiger partial charge in [0.2, 0.25) is 0 Å². The topological polar surface area (TPSA) is 78.9 Å². The quantitative estimate of drug-likeness (QED) is 0.0344. The van der Waals surface area contributed by atoms with Gasteiger partial charge < -0.3 is 14.2 Å². The zero-order chi connectivity index (χ0) is 46.3. The molecule has 0 saturated heterocycles. The van der Waals surface area contributed by atoms with E-state index < -0.39 is 6.10 Å². The summed E-state index contributed by atoms with van der Waals surface area (Å²) < 4.78 is 16.9. The Bertz CT molecular complexity index is 980. The van der Waals surface area contributed by atoms with E-state index in [1.165, 1.54) is 193 Å². The Morgan fingerprint density at radius 2 is 0.556 bits per heavy atom. The number of ether oxygens (including phenoxy) is 3. The summed E-state index contributed by atoms with van der Waals surface area (Å²) in [4.78, 5) is 38.1. The molecule has 0 saturated carbocycles. The maximum absolute atomic E-state index is 12.8. The highest BCUT2D eigenvalue weighted by Crippen LogP contribution is 2.19. The highest BCUT2D eigenvalue weighted by Gasteiger charge is 2.19. The molecule has 0 aliphatic carbocycles. The van der Waals surface area contributed by atoms with Gasteiger partial charge in [0.25, 0.3) is 0 Å². The van der Waals surface area contributed by atoms with Crippen LogP contribution in [0.25, 0.3) is 0 Å². The molecule has 0 aromatic carbocycles. The Labute approximate surface area is 393 Å². The smallest absolute Gasteiger partial charge is 0.306 e. The average Bonchev–Trinajstić information content (AvgIpc) is 3.27. The number of esters is 3. The summed E-state index contributed by atoms with van der Waals surface area (Å²) in [6.45, 7) is 13.8. The van der Waals surface area contributed by atoms with Crippen LogP contribution >= 0.6 is 0 Å². The molecular weight excluding hydrogens is 781 g/mol. The average molecular weight is 892 g/mol. The van der Waals surface area contributed by atoms with Crippen LogP contribution in [-0.4, -0.2) is 37.2 Å². The molecule has 6 nitrogen and oxygen atoms in total. The molecule has 0 spiro atoms. The molecule has 0 aliphatic rings. The fraction of sp³-hybridized carbons (Fsp3) is 0.947. The third kappa shape index (κ3) is 48.2. The maximum Gasteiger partial charge on any atom is 0.306 e. The van der Waals surface area contributed by atoms with Crippen LogP contribution in [0.15, 0.2) is 0 Å². The molecule has 6 heteroatoms. The van der Waals surface area contributed by atoms with Gasteiger partial charge in [-0.1, -0.05) is 273 Å². The molecule has 3 atom stereocenters. The van der Waals surface area contributed by atoms with Gasteiger partial charge in [-0.15, -0.1) is 0 Å². The molecular formula is C57H110O6. The third-order valence-electron chi connectivity index (χ3n) is 13.6. The Hall–Kier alpha value is -1.59. The SMILES string of the molecule is CCC(C)CCCCCCCCCCCCCCCCC(=O)O[C@@H](COC(=O)CCCCCCCCCCCCCCC(C)C)COC(=O)CCCCCCCCCCC(C)CC. The van der Waals surface area contributed by atoms with Crippen molar-refractivity contribution in [1.82, 2.24) is 0 Å². The molecule has 63 heavy (non-hydrogen) atoms. The standard InChI is InChI=1S/C57H110O6/c1-7-52(5)44-38-32-26-20-16-11-9-10-12-18-22-30-36-42-48-57(60)63-54(50-62-56(59)47-41-35-29-24-23-27-33-39-45-53(6)8-2)49-61-55(58)46-40-34-28-21-17-14-13-15-19-25-31-37-43-51(3)4/h51-54H,7-50H2,1-6H3/t52?,53?,54-/m0/s1. The van der Waals surface area contributed by atoms with Gasteiger partial charge in [-0.25, -0.2) is 0 Å². The van der Waals surface area contributed by atoms with Crippen LogP contribution in [-0.2, 0) is 28.6 Å². The van der Waals surface area contributed by atoms with E-state index >= 15 is 0 Å². The Kier molecular flexibility index (Phi) is 47.1. The number of hydrogen-bond acceptors (Lipinski definition) is 6. The van der Waals surface area contributed by atoms with E-state index in [9.17, 15) is 14.4 Å². The molecule has 0 amide bonds. The minimum Gasteiger partial charge on any atom is -0.462 e. The van der Waals surface area contributed by atoms with Crippen molar-refractivity contribution in [2.24, 2.45) is 17.8 Å². The lowest BCUT2D eigenvalue weighted by Crippen LogP contribution is -2.30. The van der Waals surface area contributed by atoms with Crippen molar-refractivity contribution in [1.29, 1.82) is 0 Å². The lowest BCUT2D eigenvalue weighted by molar-refractivity contribution is -0.167. The fourth-order valence-corrected chi connectivity index (χ4v) is 8.58. The molecule has 0 fully saturated rings. The van der Waals surface area contributed by atoms with E-state index in [0.717, 1.165) is 75.5 Å². The molecule has 0 bridgehead atoms. The Morgan fingerprint density at radius 3 is 0.825 bits per heavy atom. The van der Waals surface area contributed by atoms with E-state index in [4.69, 9.17) is 14.2 Å². The number of unbranched alkanes of at least 4 members (excludes halogenated alkanes) is 31. The van der Waals surface area contributed by atoms with Gasteiger partial charge in [0.15, 0.2) is 6.10 Å². The number of carbonyl (C=O) groups excluding carboxylic acids is 3. The molecule has 0 aromatic heterocycles. The number of hydrogen-bond donors (Lipinski definition) is 0. The Balaban J connectivity index is 4.31. The molecule has 0 aliphatic heterocycles. The van der Waals surface area contributed by atoms with E-state index in [0.29, 0.717) is 19.3 Å². The van der Waals surface area contributed by atoms with Gasteiger partial charge in [0.05, 0.1) is 0 Å². The second kappa shape index (κ2) is 48.3. The van der Waals surface area contributed by atoms with E-state index in [2.05, 4.69) is 41.5 Å². The van der Waals surface area contributed by atoms with Crippen LogP contribution in [0.2, 0.25) is 0 Å². The van der Waals surface area contributed by atoms with Crippen LogP contribution in [0.5, 0.6) is 0 Å². The molecule has 0 N–H and O–H groups in total. The second-order valence-electron chi connectivity index (χ2n) is 20.5. The fourth-order valence-electron chi connectivity index (χ4n) is 8.58. The highest BCUT2D eigenvalue weighted by molar-refractivity contribution is 5.71. The zero-order valence-electron chi connectivity index (χ0n) is 43.4. The van der Waals surface area contributed by atoms with Crippen LogP contribution in [0.1, 0.15) is 311 Å². The predicted molar refractivity (Wildman–Crippen MR) is 270 cm³/mol. The minimum absolute atomic E-state index is 0.0642. The molecule has 374 valence electrons. The summed E-state index contributed by atoms with van der Waals surface area (Å²) in [5.41, 5.74) is 0. The van der Waals surface area contributed by atoms with E-state index in [1.807, 2.05) is 0 Å². The summed E-state index contributed by atoms with van der Waals surface area (Å²) >= 11 is 0. The van der Waals surface area contributed by atoms with Gasteiger partial charge >= 0.3 is 17.9 Å². The molecule has 0 rings (SSSR count). The molecule has 0 radical (unpaired) electrons. The maximum atomic E-state index is 12.8.